The van der Waals surface area contributed by atoms with Gasteiger partial charge >= 0.3 is 55.8 Å². The molecule has 0 saturated heterocycles. The molecule has 0 amide bonds. The maximum atomic E-state index is 11.5. The molecule has 0 rings (SSSR count). The van der Waals surface area contributed by atoms with E-state index in [0.717, 1.165) is 12.5 Å². The molecule has 0 aromatic rings. The van der Waals surface area contributed by atoms with Crippen LogP contribution in [0.4, 0.5) is 0 Å². The van der Waals surface area contributed by atoms with Gasteiger partial charge in [-0.15, -0.1) is 0 Å². The van der Waals surface area contributed by atoms with E-state index in [1.807, 2.05) is 65.5 Å². The second-order valence-electron chi connectivity index (χ2n) is 28.9. The summed E-state index contributed by atoms with van der Waals surface area (Å²) < 4.78 is 62.7. The largest absolute Gasteiger partial charge is 0.517 e. The highest BCUT2D eigenvalue weighted by atomic mass is 28.5. The first-order chi connectivity index (χ1) is 35.9. The summed E-state index contributed by atoms with van der Waals surface area (Å²) in [6, 6.07) is 1.26. The Balaban J connectivity index is -0.000000310. The molecule has 0 bridgehead atoms. The lowest BCUT2D eigenvalue weighted by atomic mass is 10.4. The van der Waals surface area contributed by atoms with Crippen molar-refractivity contribution in [1.82, 2.24) is 0 Å². The predicted molar refractivity (Wildman–Crippen MR) is 367 cm³/mol. The van der Waals surface area contributed by atoms with Gasteiger partial charge in [-0.25, -0.2) is 24.0 Å². The number of ether oxygens (including phenoxy) is 4. The van der Waals surface area contributed by atoms with Crippen molar-refractivity contribution in [3.63, 3.8) is 0 Å². The number of rotatable bonds is 30. The van der Waals surface area contributed by atoms with Crippen LogP contribution in [0, 0.1) is 0 Å². The van der Waals surface area contributed by atoms with Gasteiger partial charge in [-0.1, -0.05) is 52.5 Å². The molecule has 0 spiro atoms. The van der Waals surface area contributed by atoms with E-state index in [1.165, 1.54) is 0 Å². The Morgan fingerprint density at radius 3 is 0.793 bits per heavy atom. The quantitative estimate of drug-likeness (QED) is 0.0233. The molecule has 17 nitrogen and oxygen atoms in total. The Kier molecular flexibility index (Phi) is 40.9. The monoisotopic (exact) mass is 1350 g/mol. The van der Waals surface area contributed by atoms with Crippen molar-refractivity contribution in [3.8, 4) is 0 Å². The van der Waals surface area contributed by atoms with E-state index in [1.54, 1.807) is 34.6 Å². The summed E-state index contributed by atoms with van der Waals surface area (Å²) in [5.74, 6) is -1.64. The third kappa shape index (κ3) is 61.2. The Hall–Kier alpha value is -1.84. The SMILES string of the molecule is C=C(C)C(=O)OCCC[Si](C)(O[Si](C)(C)C)O[Si](C)(C)C.C=C(C)C(=O)OCCC[Si](O)(O[Si](C)(C)C)O[Si](C)(C)C.C=C(C)C(=O)OC[Si](C)(C)C.C=C(C)C(=O)OC[Si](C)(O[Si](C)(C)C)O[Si](C)(C)C.C=C(C)C(=O)O[Si](C)(C)C. The van der Waals surface area contributed by atoms with Gasteiger partial charge in [0.05, 0.1) is 27.5 Å². The second kappa shape index (κ2) is 37.8. The molecule has 0 saturated carbocycles. The molecule has 0 aliphatic carbocycles. The Bertz CT molecular complexity index is 1940. The highest BCUT2D eigenvalue weighted by Crippen LogP contribution is 2.27. The fourth-order valence-corrected chi connectivity index (χ4v) is 41.4. The van der Waals surface area contributed by atoms with Crippen molar-refractivity contribution < 1.29 is 76.8 Å². The number of hydrogen-bond donors (Lipinski definition) is 1. The molecule has 0 aromatic carbocycles. The lowest BCUT2D eigenvalue weighted by molar-refractivity contribution is -0.139. The maximum absolute atomic E-state index is 11.5. The number of carbonyl (C=O) groups excluding carboxylic acids is 5. The molecule has 0 unspecified atom stereocenters. The van der Waals surface area contributed by atoms with Gasteiger partial charge in [0, 0.05) is 33.9 Å². The van der Waals surface area contributed by atoms with E-state index in [9.17, 15) is 28.8 Å². The Morgan fingerprint density at radius 1 is 0.317 bits per heavy atom. The lowest BCUT2D eigenvalue weighted by Gasteiger charge is -2.38. The maximum Gasteiger partial charge on any atom is 0.477 e. The normalized spacial score (nSPS) is 12.6. The van der Waals surface area contributed by atoms with Crippen LogP contribution in [0.3, 0.4) is 0 Å². The van der Waals surface area contributed by atoms with Crippen LogP contribution in [0.1, 0.15) is 47.5 Å². The molecule has 482 valence electrons. The first-order valence-corrected chi connectivity index (χ1v) is 62.6. The molecule has 0 heterocycles. The molecule has 0 aliphatic rings. The van der Waals surface area contributed by atoms with Crippen LogP contribution in [0.15, 0.2) is 60.8 Å². The molecule has 0 aromatic heterocycles. The Labute approximate surface area is 511 Å². The summed E-state index contributed by atoms with van der Waals surface area (Å²) in [7, 11) is -21.5. The van der Waals surface area contributed by atoms with Gasteiger partial charge in [-0.05, 0) is 204 Å². The zero-order valence-electron chi connectivity index (χ0n) is 57.7. The van der Waals surface area contributed by atoms with Crippen LogP contribution in [0.5, 0.6) is 0 Å². The van der Waals surface area contributed by atoms with Crippen molar-refractivity contribution in [1.29, 1.82) is 0 Å². The molecule has 1 N–H and O–H groups in total. The fraction of sp³-hybridized carbons (Fsp3) is 0.722. The zero-order valence-corrected chi connectivity index (χ0v) is 68.7. The average Bonchev–Trinajstić information content (AvgIpc) is 3.17. The van der Waals surface area contributed by atoms with Gasteiger partial charge in [0.2, 0.25) is 8.32 Å². The fourth-order valence-electron chi connectivity index (χ4n) is 6.23. The van der Waals surface area contributed by atoms with Crippen molar-refractivity contribution in [3.05, 3.63) is 60.8 Å². The Morgan fingerprint density at radius 2 is 0.561 bits per heavy atom. The second-order valence-corrected chi connectivity index (χ2v) is 76.2. The summed E-state index contributed by atoms with van der Waals surface area (Å²) in [6.07, 6.45) is 2.11. The molecule has 0 aliphatic heterocycles. The van der Waals surface area contributed by atoms with Crippen LogP contribution >= 0.6 is 0 Å². The van der Waals surface area contributed by atoms with Gasteiger partial charge in [-0.2, -0.15) is 0 Å². The molecule has 0 fully saturated rings. The summed E-state index contributed by atoms with van der Waals surface area (Å²) in [5, 5.41) is 0. The predicted octanol–water partition coefficient (Wildman–Crippen LogP) is 14.7. The van der Waals surface area contributed by atoms with E-state index in [0.29, 0.717) is 53.2 Å². The number of esters is 4. The van der Waals surface area contributed by atoms with Crippen LogP contribution in [0.2, 0.25) is 182 Å². The van der Waals surface area contributed by atoms with Gasteiger partial charge in [-0.3, -0.25) is 0 Å². The van der Waals surface area contributed by atoms with E-state index < -0.39 is 98.2 Å². The highest BCUT2D eigenvalue weighted by Gasteiger charge is 2.45. The third-order valence-electron chi connectivity index (χ3n) is 8.14. The van der Waals surface area contributed by atoms with Crippen LogP contribution in [-0.4, -0.2) is 153 Å². The highest BCUT2D eigenvalue weighted by molar-refractivity contribution is 6.89. The minimum atomic E-state index is -3.21. The minimum Gasteiger partial charge on any atom is -0.517 e. The van der Waals surface area contributed by atoms with Crippen LogP contribution in [0.25, 0.3) is 0 Å². The first-order valence-electron chi connectivity index (χ1n) is 28.0. The summed E-state index contributed by atoms with van der Waals surface area (Å²) >= 11 is 0. The van der Waals surface area contributed by atoms with E-state index in [4.69, 9.17) is 48.1 Å². The van der Waals surface area contributed by atoms with Crippen molar-refractivity contribution in [2.24, 2.45) is 0 Å². The lowest BCUT2D eigenvalue weighted by Crippen LogP contribution is -2.56. The number of carbonyl (C=O) groups is 5. The van der Waals surface area contributed by atoms with Crippen molar-refractivity contribution in [2.45, 2.75) is 230 Å². The molecular formula is C54H120O17Si11. The van der Waals surface area contributed by atoms with Crippen LogP contribution < -0.4 is 0 Å². The van der Waals surface area contributed by atoms with E-state index in [-0.39, 0.29) is 36.7 Å². The standard InChI is InChI=1S/C14H32O4Si3.C13H30O5Si3.C12H28O4Si3.C8H16O2Si.C7H14O2Si/c1-13(2)14(15)16-11-10-12-21(9,17-19(3,4)5)18-20(6,7)8;1-12(2)13(14)16-10-9-11-21(15,17-19(3,4)5)18-20(6,7)8;1-11(2)12(13)14-10-19(9,15-17(3,4)5)16-18(6,7)8;1-7(2)8(9)10-6-11(3,4)5;1-6(2)7(8)9-10(3,4)5/h1,10-12H2,2-9H3;15H,1,9-11H2,2-8H3;1,10H2,2-9H3;1,6H2,2-5H3;1H2,2-5H3. The molecule has 82 heavy (non-hydrogen) atoms. The summed E-state index contributed by atoms with van der Waals surface area (Å²) in [5.41, 5.74) is 2.16. The van der Waals surface area contributed by atoms with Gasteiger partial charge in [0.15, 0.2) is 49.9 Å². The molecular weight excluding hydrogens is 1230 g/mol. The summed E-state index contributed by atoms with van der Waals surface area (Å²) in [4.78, 5) is 66.7. The molecule has 28 heteroatoms. The van der Waals surface area contributed by atoms with Gasteiger partial charge in [0.1, 0.15) is 6.23 Å². The van der Waals surface area contributed by atoms with Crippen LogP contribution in [-0.2, 0) is 72.0 Å². The van der Waals surface area contributed by atoms with Gasteiger partial charge < -0.3 is 52.9 Å². The third-order valence-corrected chi connectivity index (χ3v) is 37.0. The first kappa shape index (κ1) is 88.9. The van der Waals surface area contributed by atoms with Crippen molar-refractivity contribution in [2.75, 3.05) is 25.7 Å². The topological polar surface area (TPSA) is 207 Å². The van der Waals surface area contributed by atoms with Gasteiger partial charge in [0.25, 0.3) is 0 Å². The van der Waals surface area contributed by atoms with E-state index >= 15 is 0 Å². The average molecular weight is 1350 g/mol. The summed E-state index contributed by atoms with van der Waals surface area (Å²) in [6.45, 7) is 81.0. The minimum absolute atomic E-state index is 0.229. The van der Waals surface area contributed by atoms with Crippen molar-refractivity contribution >= 4 is 122 Å². The molecule has 0 radical (unpaired) electrons. The smallest absolute Gasteiger partial charge is 0.477 e. The molecule has 0 atom stereocenters. The zero-order chi connectivity index (χ0) is 66.7. The number of hydrogen-bond acceptors (Lipinski definition) is 17. The van der Waals surface area contributed by atoms with E-state index in [2.05, 4.69) is 138 Å².